The molecule has 0 aliphatic carbocycles. The SMILES string of the molecule is COC(C(C)C)C(N)CCCC1CCCO1. The van der Waals surface area contributed by atoms with Crippen LogP contribution < -0.4 is 5.73 Å². The third kappa shape index (κ3) is 4.40. The van der Waals surface area contributed by atoms with Gasteiger partial charge in [-0.1, -0.05) is 13.8 Å². The number of nitrogens with two attached hydrogens (primary N) is 1. The maximum atomic E-state index is 6.15. The summed E-state index contributed by atoms with van der Waals surface area (Å²) in [4.78, 5) is 0. The molecular weight excluding hydrogens is 202 g/mol. The van der Waals surface area contributed by atoms with E-state index in [1.54, 1.807) is 7.11 Å². The molecule has 1 aliphatic heterocycles. The Morgan fingerprint density at radius 3 is 2.69 bits per heavy atom. The minimum atomic E-state index is 0.159. The first-order valence-electron chi connectivity index (χ1n) is 6.55. The Morgan fingerprint density at radius 2 is 2.19 bits per heavy atom. The summed E-state index contributed by atoms with van der Waals surface area (Å²) < 4.78 is 11.0. The summed E-state index contributed by atoms with van der Waals surface area (Å²) in [5.74, 6) is 0.489. The molecule has 2 N–H and O–H groups in total. The lowest BCUT2D eigenvalue weighted by Gasteiger charge is -2.26. The maximum Gasteiger partial charge on any atom is 0.0744 e. The van der Waals surface area contributed by atoms with E-state index >= 15 is 0 Å². The highest BCUT2D eigenvalue weighted by Gasteiger charge is 2.21. The molecule has 16 heavy (non-hydrogen) atoms. The van der Waals surface area contributed by atoms with Gasteiger partial charge < -0.3 is 15.2 Å². The van der Waals surface area contributed by atoms with Gasteiger partial charge >= 0.3 is 0 Å². The van der Waals surface area contributed by atoms with Gasteiger partial charge in [0.25, 0.3) is 0 Å². The molecule has 0 radical (unpaired) electrons. The molecule has 3 atom stereocenters. The monoisotopic (exact) mass is 229 g/mol. The Balaban J connectivity index is 2.15. The van der Waals surface area contributed by atoms with E-state index in [1.807, 2.05) is 0 Å². The molecule has 1 fully saturated rings. The number of hydrogen-bond donors (Lipinski definition) is 1. The van der Waals surface area contributed by atoms with Crippen LogP contribution in [0.1, 0.15) is 46.0 Å². The summed E-state index contributed by atoms with van der Waals surface area (Å²) in [5.41, 5.74) is 6.15. The van der Waals surface area contributed by atoms with Crippen molar-refractivity contribution in [2.24, 2.45) is 11.7 Å². The van der Waals surface area contributed by atoms with Crippen molar-refractivity contribution >= 4 is 0 Å². The first-order valence-corrected chi connectivity index (χ1v) is 6.55. The molecule has 1 heterocycles. The van der Waals surface area contributed by atoms with Crippen LogP contribution in [0.2, 0.25) is 0 Å². The van der Waals surface area contributed by atoms with Gasteiger partial charge in [0.1, 0.15) is 0 Å². The molecule has 0 bridgehead atoms. The number of methoxy groups -OCH3 is 1. The topological polar surface area (TPSA) is 44.5 Å². The van der Waals surface area contributed by atoms with E-state index in [4.69, 9.17) is 15.2 Å². The van der Waals surface area contributed by atoms with Crippen LogP contribution in [-0.4, -0.2) is 32.0 Å². The fraction of sp³-hybridized carbons (Fsp3) is 1.00. The van der Waals surface area contributed by atoms with Gasteiger partial charge in [-0.25, -0.2) is 0 Å². The van der Waals surface area contributed by atoms with Gasteiger partial charge in [-0.3, -0.25) is 0 Å². The number of hydrogen-bond acceptors (Lipinski definition) is 3. The lowest BCUT2D eigenvalue weighted by Crippen LogP contribution is -2.39. The average molecular weight is 229 g/mol. The van der Waals surface area contributed by atoms with Gasteiger partial charge in [-0.15, -0.1) is 0 Å². The molecule has 0 amide bonds. The second-order valence-corrected chi connectivity index (χ2v) is 5.17. The highest BCUT2D eigenvalue weighted by Crippen LogP contribution is 2.19. The number of ether oxygens (including phenoxy) is 2. The van der Waals surface area contributed by atoms with Crippen LogP contribution in [0.5, 0.6) is 0 Å². The van der Waals surface area contributed by atoms with E-state index in [0.29, 0.717) is 12.0 Å². The molecular formula is C13H27NO2. The normalized spacial score (nSPS) is 24.9. The van der Waals surface area contributed by atoms with Gasteiger partial charge in [-0.2, -0.15) is 0 Å². The van der Waals surface area contributed by atoms with Crippen LogP contribution >= 0.6 is 0 Å². The zero-order valence-electron chi connectivity index (χ0n) is 10.9. The van der Waals surface area contributed by atoms with Gasteiger partial charge in [0.05, 0.1) is 12.2 Å². The fourth-order valence-corrected chi connectivity index (χ4v) is 2.56. The Labute approximate surface area is 99.7 Å². The molecule has 0 aromatic heterocycles. The van der Waals surface area contributed by atoms with Crippen molar-refractivity contribution in [3.8, 4) is 0 Å². The molecule has 3 unspecified atom stereocenters. The molecule has 0 aromatic rings. The molecule has 0 aromatic carbocycles. The van der Waals surface area contributed by atoms with Crippen molar-refractivity contribution in [2.45, 2.75) is 64.2 Å². The number of rotatable bonds is 7. The minimum Gasteiger partial charge on any atom is -0.380 e. The fourth-order valence-electron chi connectivity index (χ4n) is 2.56. The quantitative estimate of drug-likeness (QED) is 0.728. The highest BCUT2D eigenvalue weighted by molar-refractivity contribution is 4.77. The summed E-state index contributed by atoms with van der Waals surface area (Å²) in [7, 11) is 1.75. The van der Waals surface area contributed by atoms with Crippen molar-refractivity contribution in [3.05, 3.63) is 0 Å². The first-order chi connectivity index (χ1) is 7.65. The van der Waals surface area contributed by atoms with Crippen molar-refractivity contribution < 1.29 is 9.47 Å². The maximum absolute atomic E-state index is 6.15. The third-order valence-corrected chi connectivity index (χ3v) is 3.44. The Kier molecular flexibility index (Phi) is 6.32. The largest absolute Gasteiger partial charge is 0.380 e. The van der Waals surface area contributed by atoms with Crippen molar-refractivity contribution in [1.82, 2.24) is 0 Å². The van der Waals surface area contributed by atoms with Crippen LogP contribution in [-0.2, 0) is 9.47 Å². The van der Waals surface area contributed by atoms with E-state index in [0.717, 1.165) is 25.9 Å². The van der Waals surface area contributed by atoms with Gasteiger partial charge in [0.2, 0.25) is 0 Å². The minimum absolute atomic E-state index is 0.159. The van der Waals surface area contributed by atoms with E-state index in [-0.39, 0.29) is 12.1 Å². The molecule has 1 saturated heterocycles. The van der Waals surface area contributed by atoms with Crippen LogP contribution in [0.4, 0.5) is 0 Å². The summed E-state index contributed by atoms with van der Waals surface area (Å²) >= 11 is 0. The van der Waals surface area contributed by atoms with Crippen molar-refractivity contribution in [1.29, 1.82) is 0 Å². The average Bonchev–Trinajstić information content (AvgIpc) is 2.71. The molecule has 96 valence electrons. The molecule has 3 heteroatoms. The molecule has 1 rings (SSSR count). The molecule has 0 spiro atoms. The van der Waals surface area contributed by atoms with E-state index in [1.165, 1.54) is 12.8 Å². The molecule has 1 aliphatic rings. The predicted molar refractivity (Wildman–Crippen MR) is 66.4 cm³/mol. The Bertz CT molecular complexity index is 179. The van der Waals surface area contributed by atoms with E-state index in [2.05, 4.69) is 13.8 Å². The summed E-state index contributed by atoms with van der Waals surface area (Å²) in [6, 6.07) is 0.159. The summed E-state index contributed by atoms with van der Waals surface area (Å²) in [6.45, 7) is 5.27. The zero-order chi connectivity index (χ0) is 12.0. The zero-order valence-corrected chi connectivity index (χ0v) is 10.9. The van der Waals surface area contributed by atoms with Gasteiger partial charge in [0.15, 0.2) is 0 Å². The second-order valence-electron chi connectivity index (χ2n) is 5.17. The van der Waals surface area contributed by atoms with Crippen LogP contribution in [0.15, 0.2) is 0 Å². The smallest absolute Gasteiger partial charge is 0.0744 e. The van der Waals surface area contributed by atoms with Crippen molar-refractivity contribution in [3.63, 3.8) is 0 Å². The van der Waals surface area contributed by atoms with Gasteiger partial charge in [-0.05, 0) is 38.0 Å². The standard InChI is InChI=1S/C13H27NO2/c1-10(2)13(15-3)12(14)8-4-6-11-7-5-9-16-11/h10-13H,4-9,14H2,1-3H3. The highest BCUT2D eigenvalue weighted by atomic mass is 16.5. The second kappa shape index (κ2) is 7.25. The lowest BCUT2D eigenvalue weighted by molar-refractivity contribution is 0.0392. The Hall–Kier alpha value is -0.120. The van der Waals surface area contributed by atoms with E-state index < -0.39 is 0 Å². The lowest BCUT2D eigenvalue weighted by atomic mass is 9.95. The van der Waals surface area contributed by atoms with Crippen LogP contribution in [0.25, 0.3) is 0 Å². The van der Waals surface area contributed by atoms with Crippen LogP contribution in [0.3, 0.4) is 0 Å². The third-order valence-electron chi connectivity index (χ3n) is 3.44. The first kappa shape index (κ1) is 13.9. The molecule has 0 saturated carbocycles. The van der Waals surface area contributed by atoms with Crippen LogP contribution in [0, 0.1) is 5.92 Å². The molecule has 3 nitrogen and oxygen atoms in total. The summed E-state index contributed by atoms with van der Waals surface area (Å²) in [6.07, 6.45) is 6.48. The summed E-state index contributed by atoms with van der Waals surface area (Å²) in [5, 5.41) is 0. The van der Waals surface area contributed by atoms with Gasteiger partial charge in [0, 0.05) is 19.8 Å². The van der Waals surface area contributed by atoms with Crippen molar-refractivity contribution in [2.75, 3.05) is 13.7 Å². The Morgan fingerprint density at radius 1 is 1.44 bits per heavy atom. The van der Waals surface area contributed by atoms with E-state index in [9.17, 15) is 0 Å². The predicted octanol–water partition coefficient (Wildman–Crippen LogP) is 2.33.